The molecule has 1 aromatic carbocycles. The largest absolute Gasteiger partial charge is 0.481 e. The Morgan fingerprint density at radius 3 is 2.32 bits per heavy atom. The molecule has 0 radical (unpaired) electrons. The van der Waals surface area contributed by atoms with E-state index < -0.39 is 23.9 Å². The molecule has 9 heteroatoms. The average Bonchev–Trinajstić information content (AvgIpc) is 3.52. The quantitative estimate of drug-likeness (QED) is 0.528. The van der Waals surface area contributed by atoms with Gasteiger partial charge in [0, 0.05) is 56.5 Å². The van der Waals surface area contributed by atoms with Crippen molar-refractivity contribution >= 4 is 23.2 Å². The number of aliphatic carboxylic acids is 1. The van der Waals surface area contributed by atoms with E-state index in [0.717, 1.165) is 24.2 Å². The van der Waals surface area contributed by atoms with Gasteiger partial charge in [0.15, 0.2) is 17.3 Å². The lowest BCUT2D eigenvalue weighted by molar-refractivity contribution is -0.222. The molecule has 9 nitrogen and oxygen atoms in total. The van der Waals surface area contributed by atoms with Crippen LogP contribution in [0.4, 0.5) is 11.4 Å². The SMILES string of the molecule is C[N+]1(C2CC3CC[C@@H](C2)N3C2CCCCCCC2)c2ccccc2N=C(N2CCC3(OCCO3)C(C(=O)O)C2)C1O. The highest BCUT2D eigenvalue weighted by molar-refractivity contribution is 5.95. The number of aliphatic imine (C=N–C) groups is 1. The summed E-state index contributed by atoms with van der Waals surface area (Å²) in [4.78, 5) is 22.3. The summed E-state index contributed by atoms with van der Waals surface area (Å²) in [6.45, 7) is 1.57. The summed E-state index contributed by atoms with van der Waals surface area (Å²) in [5.74, 6) is -2.27. The third-order valence-corrected chi connectivity index (χ3v) is 11.5. The van der Waals surface area contributed by atoms with Crippen molar-refractivity contribution in [3.8, 4) is 0 Å². The fourth-order valence-electron chi connectivity index (χ4n) is 9.31. The first-order chi connectivity index (χ1) is 19.9. The molecule has 2 bridgehead atoms. The van der Waals surface area contributed by atoms with E-state index >= 15 is 0 Å². The lowest BCUT2D eigenvalue weighted by Crippen LogP contribution is -2.70. The van der Waals surface area contributed by atoms with Gasteiger partial charge in [-0.2, -0.15) is 0 Å². The molecule has 7 rings (SSSR count). The highest BCUT2D eigenvalue weighted by atomic mass is 16.7. The highest BCUT2D eigenvalue weighted by Crippen LogP contribution is 2.49. The number of ether oxygens (including phenoxy) is 2. The third kappa shape index (κ3) is 4.63. The van der Waals surface area contributed by atoms with Gasteiger partial charge in [-0.15, -0.1) is 0 Å². The molecule has 5 unspecified atom stereocenters. The fourth-order valence-corrected chi connectivity index (χ4v) is 9.31. The molecule has 1 spiro atoms. The van der Waals surface area contributed by atoms with Gasteiger partial charge in [0.1, 0.15) is 11.6 Å². The zero-order valence-corrected chi connectivity index (χ0v) is 24.5. The van der Waals surface area contributed by atoms with E-state index in [1.54, 1.807) is 0 Å². The van der Waals surface area contributed by atoms with Crippen LogP contribution in [0.1, 0.15) is 77.0 Å². The number of aliphatic hydroxyl groups excluding tert-OH is 1. The topological polar surface area (TPSA) is 94.8 Å². The minimum Gasteiger partial charge on any atom is -0.481 e. The van der Waals surface area contributed by atoms with Crippen LogP contribution in [0, 0.1) is 5.92 Å². The molecule has 2 N–H and O–H groups in total. The van der Waals surface area contributed by atoms with E-state index in [2.05, 4.69) is 24.1 Å². The van der Waals surface area contributed by atoms with E-state index in [1.807, 2.05) is 17.0 Å². The normalized spacial score (nSPS) is 37.9. The minimum absolute atomic E-state index is 0.207. The predicted octanol–water partition coefficient (Wildman–Crippen LogP) is 4.24. The first kappa shape index (κ1) is 27.8. The van der Waals surface area contributed by atoms with Crippen molar-refractivity contribution in [2.45, 2.75) is 113 Å². The fraction of sp³-hybridized carbons (Fsp3) is 0.750. The summed E-state index contributed by atoms with van der Waals surface area (Å²) < 4.78 is 12.2. The molecule has 0 amide bonds. The summed E-state index contributed by atoms with van der Waals surface area (Å²) in [6, 6.07) is 10.4. The molecular weight excluding hydrogens is 520 g/mol. The van der Waals surface area contributed by atoms with Gasteiger partial charge in [-0.3, -0.25) is 14.2 Å². The van der Waals surface area contributed by atoms with Crippen LogP contribution < -0.4 is 4.48 Å². The maximum atomic E-state index is 12.4. The Labute approximate surface area is 243 Å². The smallest absolute Gasteiger partial charge is 0.313 e. The van der Waals surface area contributed by atoms with Gasteiger partial charge in [-0.05, 0) is 31.7 Å². The number of fused-ring (bicyclic) bond motifs is 3. The Bertz CT molecular complexity index is 1150. The van der Waals surface area contributed by atoms with Crippen LogP contribution in [0.3, 0.4) is 0 Å². The van der Waals surface area contributed by atoms with Crippen molar-refractivity contribution in [1.29, 1.82) is 0 Å². The number of nitrogens with zero attached hydrogens (tertiary/aromatic N) is 4. The summed E-state index contributed by atoms with van der Waals surface area (Å²) in [5.41, 5.74) is 1.95. The van der Waals surface area contributed by atoms with E-state index in [9.17, 15) is 15.0 Å². The lowest BCUT2D eigenvalue weighted by atomic mass is 9.87. The molecule has 0 aromatic heterocycles. The number of hydrogen-bond acceptors (Lipinski definition) is 7. The first-order valence-electron chi connectivity index (χ1n) is 16.2. The van der Waals surface area contributed by atoms with Crippen LogP contribution in [0.15, 0.2) is 29.3 Å². The second-order valence-electron chi connectivity index (χ2n) is 13.5. The zero-order chi connectivity index (χ0) is 28.2. The Balaban J connectivity index is 1.17. The number of carboxylic acids is 1. The van der Waals surface area contributed by atoms with E-state index in [4.69, 9.17) is 14.5 Å². The third-order valence-electron chi connectivity index (χ3n) is 11.5. The number of benzene rings is 1. The van der Waals surface area contributed by atoms with Crippen molar-refractivity contribution in [3.63, 3.8) is 0 Å². The Kier molecular flexibility index (Phi) is 7.39. The molecule has 6 aliphatic rings. The molecule has 1 saturated carbocycles. The highest BCUT2D eigenvalue weighted by Gasteiger charge is 2.57. The molecule has 41 heavy (non-hydrogen) atoms. The van der Waals surface area contributed by atoms with Crippen molar-refractivity contribution < 1.29 is 24.5 Å². The van der Waals surface area contributed by atoms with Crippen LogP contribution in [-0.4, -0.2) is 101 Å². The van der Waals surface area contributed by atoms with Crippen LogP contribution in [0.2, 0.25) is 0 Å². The number of amidine groups is 1. The summed E-state index contributed by atoms with van der Waals surface area (Å²) in [6.07, 6.45) is 13.8. The number of piperidine rings is 2. The molecule has 1 aliphatic carbocycles. The maximum Gasteiger partial charge on any atom is 0.313 e. The second kappa shape index (κ2) is 10.9. The molecular formula is C32H47N4O5+. The molecule has 5 heterocycles. The van der Waals surface area contributed by atoms with Crippen LogP contribution in [-0.2, 0) is 14.3 Å². The Morgan fingerprint density at radius 1 is 0.976 bits per heavy atom. The Morgan fingerprint density at radius 2 is 1.63 bits per heavy atom. The van der Waals surface area contributed by atoms with Gasteiger partial charge in [-0.25, -0.2) is 4.99 Å². The van der Waals surface area contributed by atoms with Crippen LogP contribution in [0.5, 0.6) is 0 Å². The lowest BCUT2D eigenvalue weighted by Gasteiger charge is -2.53. The van der Waals surface area contributed by atoms with Gasteiger partial charge < -0.3 is 24.6 Å². The monoisotopic (exact) mass is 567 g/mol. The number of aliphatic hydroxyl groups is 1. The number of carbonyl (C=O) groups is 1. The number of quaternary nitrogens is 1. The predicted molar refractivity (Wildman–Crippen MR) is 157 cm³/mol. The maximum absolute atomic E-state index is 12.4. The zero-order valence-electron chi connectivity index (χ0n) is 24.5. The number of likely N-dealkylation sites (tertiary alicyclic amines) is 1. The molecule has 1 aromatic rings. The van der Waals surface area contributed by atoms with Gasteiger partial charge in [0.25, 0.3) is 6.23 Å². The van der Waals surface area contributed by atoms with Crippen LogP contribution >= 0.6 is 0 Å². The van der Waals surface area contributed by atoms with E-state index in [-0.39, 0.29) is 12.6 Å². The second-order valence-corrected chi connectivity index (χ2v) is 13.5. The van der Waals surface area contributed by atoms with Gasteiger partial charge >= 0.3 is 5.97 Å². The Hall–Kier alpha value is -2.04. The molecule has 224 valence electrons. The number of hydrogen-bond donors (Lipinski definition) is 2. The number of para-hydroxylation sites is 2. The summed E-state index contributed by atoms with van der Waals surface area (Å²) in [7, 11) is 2.19. The van der Waals surface area contributed by atoms with E-state index in [0.29, 0.717) is 54.6 Å². The first-order valence-corrected chi connectivity index (χ1v) is 16.2. The summed E-state index contributed by atoms with van der Waals surface area (Å²) >= 11 is 0. The molecule has 6 atom stereocenters. The van der Waals surface area contributed by atoms with Crippen molar-refractivity contribution in [2.24, 2.45) is 10.9 Å². The summed E-state index contributed by atoms with van der Waals surface area (Å²) in [5, 5.41) is 22.4. The molecule has 4 saturated heterocycles. The number of rotatable bonds is 3. The molecule has 5 fully saturated rings. The van der Waals surface area contributed by atoms with Crippen molar-refractivity contribution in [1.82, 2.24) is 14.3 Å². The number of likely N-dealkylation sites (N-methyl/N-ethyl adjacent to an activating group) is 1. The molecule has 5 aliphatic heterocycles. The van der Waals surface area contributed by atoms with Gasteiger partial charge in [-0.1, -0.05) is 44.2 Å². The van der Waals surface area contributed by atoms with Gasteiger partial charge in [0.2, 0.25) is 0 Å². The number of carboxylic acid groups (broad SMARTS) is 1. The van der Waals surface area contributed by atoms with Crippen molar-refractivity contribution in [2.75, 3.05) is 33.4 Å². The van der Waals surface area contributed by atoms with Crippen molar-refractivity contribution in [3.05, 3.63) is 24.3 Å². The average molecular weight is 568 g/mol. The van der Waals surface area contributed by atoms with Crippen LogP contribution in [0.25, 0.3) is 0 Å². The standard InChI is InChI=1S/C32H46N4O5/c1-36(25-19-23-13-14-24(20-25)35(23)22-9-5-3-2-4-6-10-22)28-12-8-7-11-27(28)33-29(30(36)37)34-16-15-32(40-17-18-41-32)26(21-34)31(38)39/h7-8,11-12,22-26,30,37H,2-6,9-10,13-21H2,1H3/p+1/t23-,24?,25?,26?,30?,36?/m0/s1. The minimum atomic E-state index is -1.08. The van der Waals surface area contributed by atoms with Gasteiger partial charge in [0.05, 0.1) is 26.3 Å². The van der Waals surface area contributed by atoms with E-state index in [1.165, 1.54) is 57.8 Å².